The number of aliphatic hydroxyl groups excluding tert-OH is 2. The molecule has 1 rings (SSSR count). The molecule has 1 heterocycles. The molecule has 0 aromatic heterocycles. The second kappa shape index (κ2) is 3.89. The predicted molar refractivity (Wildman–Crippen MR) is 46.0 cm³/mol. The van der Waals surface area contributed by atoms with Crippen LogP contribution in [0.25, 0.3) is 0 Å². The molecule has 0 amide bonds. The van der Waals surface area contributed by atoms with Crippen LogP contribution in [0, 0.1) is 0 Å². The third-order valence-corrected chi connectivity index (χ3v) is 2.09. The highest BCUT2D eigenvalue weighted by atomic mass is 16.7. The van der Waals surface area contributed by atoms with Gasteiger partial charge in [-0.15, -0.1) is 0 Å². The van der Waals surface area contributed by atoms with Crippen molar-refractivity contribution in [3.63, 3.8) is 0 Å². The quantitative estimate of drug-likeness (QED) is 0.523. The third-order valence-electron chi connectivity index (χ3n) is 2.09. The number of nitrogens with two attached hydrogens (primary N) is 1. The molecular weight excluding hydrogens is 174 g/mol. The van der Waals surface area contributed by atoms with Gasteiger partial charge in [0.1, 0.15) is 6.10 Å². The molecule has 0 bridgehead atoms. The van der Waals surface area contributed by atoms with E-state index in [2.05, 4.69) is 0 Å². The predicted octanol–water partition coefficient (Wildman–Crippen LogP) is -1.18. The molecule has 0 aromatic rings. The molecule has 5 nitrogen and oxygen atoms in total. The minimum Gasteiger partial charge on any atom is -0.394 e. The molecule has 0 aliphatic carbocycles. The first kappa shape index (κ1) is 10.9. The first-order chi connectivity index (χ1) is 5.96. The van der Waals surface area contributed by atoms with E-state index in [1.54, 1.807) is 13.8 Å². The van der Waals surface area contributed by atoms with Crippen molar-refractivity contribution in [1.29, 1.82) is 0 Å². The van der Waals surface area contributed by atoms with E-state index >= 15 is 0 Å². The molecular formula is C8H17NO4. The second-order valence-corrected chi connectivity index (χ2v) is 3.69. The minimum absolute atomic E-state index is 0.350. The molecule has 1 aliphatic heterocycles. The van der Waals surface area contributed by atoms with Gasteiger partial charge in [0.25, 0.3) is 0 Å². The summed E-state index contributed by atoms with van der Waals surface area (Å²) in [5.41, 5.74) is 5.64. The van der Waals surface area contributed by atoms with Crippen LogP contribution in [0.1, 0.15) is 13.8 Å². The van der Waals surface area contributed by atoms with Gasteiger partial charge in [0, 0.05) is 0 Å². The van der Waals surface area contributed by atoms with Gasteiger partial charge in [0.15, 0.2) is 5.79 Å². The number of hydrogen-bond acceptors (Lipinski definition) is 5. The van der Waals surface area contributed by atoms with Crippen molar-refractivity contribution >= 4 is 0 Å². The van der Waals surface area contributed by atoms with Crippen LogP contribution in [0.5, 0.6) is 0 Å². The van der Waals surface area contributed by atoms with E-state index in [4.69, 9.17) is 20.3 Å². The van der Waals surface area contributed by atoms with Crippen molar-refractivity contribution < 1.29 is 19.7 Å². The standard InChI is InChI=1S/C8H17NO4/c1-8(2)12-4-6(13-8)7(9)5(11)3-10/h5-7,10-11H,3-4,9H2,1-2H3/t5-,6+,7+/m0/s1. The molecule has 78 valence electrons. The van der Waals surface area contributed by atoms with Gasteiger partial charge >= 0.3 is 0 Å². The van der Waals surface area contributed by atoms with Crippen LogP contribution in [0.3, 0.4) is 0 Å². The minimum atomic E-state index is -0.956. The highest BCUT2D eigenvalue weighted by Crippen LogP contribution is 2.24. The molecule has 3 atom stereocenters. The van der Waals surface area contributed by atoms with Crippen LogP contribution in [0.15, 0.2) is 0 Å². The normalized spacial score (nSPS) is 31.6. The molecule has 5 heteroatoms. The smallest absolute Gasteiger partial charge is 0.163 e. The van der Waals surface area contributed by atoms with Crippen LogP contribution in [0.2, 0.25) is 0 Å². The summed E-state index contributed by atoms with van der Waals surface area (Å²) in [6.07, 6.45) is -1.31. The molecule has 1 aliphatic rings. The second-order valence-electron chi connectivity index (χ2n) is 3.69. The lowest BCUT2D eigenvalue weighted by molar-refractivity contribution is -0.144. The molecule has 1 fully saturated rings. The van der Waals surface area contributed by atoms with Gasteiger partial charge in [-0.25, -0.2) is 0 Å². The Hall–Kier alpha value is -0.200. The molecule has 13 heavy (non-hydrogen) atoms. The van der Waals surface area contributed by atoms with Gasteiger partial charge in [-0.05, 0) is 13.8 Å². The van der Waals surface area contributed by atoms with Crippen molar-refractivity contribution in [2.75, 3.05) is 13.2 Å². The van der Waals surface area contributed by atoms with Crippen LogP contribution in [0.4, 0.5) is 0 Å². The van der Waals surface area contributed by atoms with E-state index in [1.807, 2.05) is 0 Å². The Morgan fingerprint density at radius 3 is 2.62 bits per heavy atom. The lowest BCUT2D eigenvalue weighted by Crippen LogP contribution is -2.48. The fourth-order valence-electron chi connectivity index (χ4n) is 1.27. The average Bonchev–Trinajstić information content (AvgIpc) is 2.43. The summed E-state index contributed by atoms with van der Waals surface area (Å²) < 4.78 is 10.7. The SMILES string of the molecule is CC1(C)OC[C@H]([C@H](N)[C@@H](O)CO)O1. The van der Waals surface area contributed by atoms with Crippen molar-refractivity contribution in [2.45, 2.75) is 37.9 Å². The van der Waals surface area contributed by atoms with Gasteiger partial charge in [-0.1, -0.05) is 0 Å². The Morgan fingerprint density at radius 1 is 1.62 bits per heavy atom. The van der Waals surface area contributed by atoms with E-state index in [0.717, 1.165) is 0 Å². The Bertz CT molecular complexity index is 174. The summed E-state index contributed by atoms with van der Waals surface area (Å²) in [5.74, 6) is -0.641. The van der Waals surface area contributed by atoms with Gasteiger partial charge < -0.3 is 25.4 Å². The first-order valence-electron chi connectivity index (χ1n) is 4.32. The number of aliphatic hydroxyl groups is 2. The van der Waals surface area contributed by atoms with Crippen LogP contribution in [-0.2, 0) is 9.47 Å². The average molecular weight is 191 g/mol. The molecule has 0 unspecified atom stereocenters. The number of ether oxygens (including phenoxy) is 2. The summed E-state index contributed by atoms with van der Waals surface area (Å²) in [4.78, 5) is 0. The Balaban J connectivity index is 2.46. The maximum atomic E-state index is 9.25. The van der Waals surface area contributed by atoms with Crippen molar-refractivity contribution in [1.82, 2.24) is 0 Å². The fourth-order valence-corrected chi connectivity index (χ4v) is 1.27. The molecule has 0 saturated carbocycles. The number of rotatable bonds is 3. The molecule has 0 radical (unpaired) electrons. The van der Waals surface area contributed by atoms with E-state index in [0.29, 0.717) is 6.61 Å². The lowest BCUT2D eigenvalue weighted by Gasteiger charge is -2.23. The van der Waals surface area contributed by atoms with Crippen LogP contribution >= 0.6 is 0 Å². The molecule has 4 N–H and O–H groups in total. The maximum Gasteiger partial charge on any atom is 0.163 e. The zero-order chi connectivity index (χ0) is 10.1. The van der Waals surface area contributed by atoms with Crippen molar-refractivity contribution in [2.24, 2.45) is 5.73 Å². The Morgan fingerprint density at radius 2 is 2.23 bits per heavy atom. The highest BCUT2D eigenvalue weighted by molar-refractivity contribution is 4.85. The van der Waals surface area contributed by atoms with Crippen molar-refractivity contribution in [3.8, 4) is 0 Å². The van der Waals surface area contributed by atoms with Gasteiger partial charge in [-0.3, -0.25) is 0 Å². The van der Waals surface area contributed by atoms with Crippen LogP contribution < -0.4 is 5.73 Å². The lowest BCUT2D eigenvalue weighted by atomic mass is 10.1. The zero-order valence-corrected chi connectivity index (χ0v) is 7.93. The van der Waals surface area contributed by atoms with Crippen LogP contribution in [-0.4, -0.2) is 47.5 Å². The van der Waals surface area contributed by atoms with E-state index in [9.17, 15) is 5.11 Å². The summed E-state index contributed by atoms with van der Waals surface area (Å²) in [5, 5.41) is 17.9. The van der Waals surface area contributed by atoms with E-state index in [1.165, 1.54) is 0 Å². The topological polar surface area (TPSA) is 84.9 Å². The van der Waals surface area contributed by atoms with E-state index < -0.39 is 17.9 Å². The Labute approximate surface area is 77.4 Å². The summed E-state index contributed by atoms with van der Waals surface area (Å²) in [7, 11) is 0. The summed E-state index contributed by atoms with van der Waals surface area (Å²) in [6.45, 7) is 3.56. The molecule has 0 spiro atoms. The Kier molecular flexibility index (Phi) is 3.26. The molecule has 1 saturated heterocycles. The van der Waals surface area contributed by atoms with E-state index in [-0.39, 0.29) is 12.7 Å². The first-order valence-corrected chi connectivity index (χ1v) is 4.32. The van der Waals surface area contributed by atoms with Gasteiger partial charge in [0.05, 0.1) is 25.4 Å². The third kappa shape index (κ3) is 2.62. The fraction of sp³-hybridized carbons (Fsp3) is 1.00. The monoisotopic (exact) mass is 191 g/mol. The van der Waals surface area contributed by atoms with Gasteiger partial charge in [0.2, 0.25) is 0 Å². The zero-order valence-electron chi connectivity index (χ0n) is 7.93. The number of hydrogen-bond donors (Lipinski definition) is 3. The summed E-state index contributed by atoms with van der Waals surface area (Å²) in [6, 6.07) is -0.605. The van der Waals surface area contributed by atoms with Crippen molar-refractivity contribution in [3.05, 3.63) is 0 Å². The highest BCUT2D eigenvalue weighted by Gasteiger charge is 2.38. The molecule has 0 aromatic carbocycles. The van der Waals surface area contributed by atoms with Gasteiger partial charge in [-0.2, -0.15) is 0 Å². The maximum absolute atomic E-state index is 9.25. The summed E-state index contributed by atoms with van der Waals surface area (Å²) >= 11 is 0. The largest absolute Gasteiger partial charge is 0.394 e.